The molecule has 0 saturated heterocycles. The zero-order valence-electron chi connectivity index (χ0n) is 30.1. The van der Waals surface area contributed by atoms with Crippen LogP contribution < -0.4 is 0 Å². The topological polar surface area (TPSA) is 68.3 Å². The van der Waals surface area contributed by atoms with E-state index in [4.69, 9.17) is 0 Å². The fraction of sp³-hybridized carbons (Fsp3) is 0. The summed E-state index contributed by atoms with van der Waals surface area (Å²) in [5, 5.41) is 0. The van der Waals surface area contributed by atoms with Crippen molar-refractivity contribution >= 4 is 23.1 Å². The minimum absolute atomic E-state index is 0.0607. The molecule has 1 aliphatic carbocycles. The number of carbonyl (C=O) groups is 4. The summed E-state index contributed by atoms with van der Waals surface area (Å²) in [6.45, 7) is 0. The fourth-order valence-corrected chi connectivity index (χ4v) is 7.96. The van der Waals surface area contributed by atoms with E-state index in [0.29, 0.717) is 33.4 Å². The van der Waals surface area contributed by atoms with Crippen LogP contribution in [0.1, 0.15) is 63.7 Å². The maximum atomic E-state index is 15.6. The number of hydrogen-bond donors (Lipinski definition) is 0. The number of fused-ring (bicyclic) bond motifs is 8. The Morgan fingerprint density at radius 3 is 0.679 bits per heavy atom. The van der Waals surface area contributed by atoms with Gasteiger partial charge in [-0.1, -0.05) is 194 Å². The molecule has 0 unspecified atom stereocenters. The quantitative estimate of drug-likeness (QED) is 0.147. The smallest absolute Gasteiger partial charge is 0.194 e. The maximum absolute atomic E-state index is 15.6. The molecule has 0 amide bonds. The van der Waals surface area contributed by atoms with Crippen molar-refractivity contribution in [3.8, 4) is 44.5 Å². The highest BCUT2D eigenvalue weighted by atomic mass is 16.1. The highest BCUT2D eigenvalue weighted by Crippen LogP contribution is 2.52. The summed E-state index contributed by atoms with van der Waals surface area (Å²) in [6.07, 6.45) is 0. The van der Waals surface area contributed by atoms with E-state index in [0.717, 1.165) is 22.3 Å². The van der Waals surface area contributed by atoms with Gasteiger partial charge in [0, 0.05) is 55.6 Å². The van der Waals surface area contributed by atoms with Crippen molar-refractivity contribution in [2.45, 2.75) is 0 Å². The second-order valence-electron chi connectivity index (χ2n) is 13.7. The Bertz CT molecular complexity index is 2640. The van der Waals surface area contributed by atoms with Crippen LogP contribution in [0.5, 0.6) is 0 Å². The lowest BCUT2D eigenvalue weighted by Crippen LogP contribution is -2.24. The van der Waals surface area contributed by atoms with E-state index < -0.39 is 23.1 Å². The number of rotatable bonds is 8. The van der Waals surface area contributed by atoms with Gasteiger partial charge in [0.2, 0.25) is 0 Å². The third-order valence-corrected chi connectivity index (χ3v) is 10.5. The van der Waals surface area contributed by atoms with E-state index in [1.54, 1.807) is 109 Å². The molecule has 8 aromatic rings. The lowest BCUT2D eigenvalue weighted by molar-refractivity contribution is 0.0982. The second kappa shape index (κ2) is 14.3. The largest absolute Gasteiger partial charge is 0.289 e. The van der Waals surface area contributed by atoms with Gasteiger partial charge in [0.05, 0.1) is 0 Å². The van der Waals surface area contributed by atoms with E-state index in [9.17, 15) is 0 Å². The summed E-state index contributed by atoms with van der Waals surface area (Å²) in [4.78, 5) is 62.0. The fourth-order valence-electron chi connectivity index (χ4n) is 7.96. The zero-order valence-corrected chi connectivity index (χ0v) is 30.1. The number of hydrogen-bond acceptors (Lipinski definition) is 4. The van der Waals surface area contributed by atoms with Gasteiger partial charge in [-0.2, -0.15) is 0 Å². The predicted molar refractivity (Wildman–Crippen MR) is 221 cm³/mol. The average Bonchev–Trinajstić information content (AvgIpc) is 3.28. The van der Waals surface area contributed by atoms with Crippen LogP contribution in [-0.2, 0) is 0 Å². The van der Waals surface area contributed by atoms with Gasteiger partial charge in [0.15, 0.2) is 23.1 Å². The maximum Gasteiger partial charge on any atom is 0.194 e. The van der Waals surface area contributed by atoms with Crippen molar-refractivity contribution in [1.29, 1.82) is 0 Å². The minimum atomic E-state index is -0.540. The molecule has 0 heterocycles. The molecule has 56 heavy (non-hydrogen) atoms. The summed E-state index contributed by atoms with van der Waals surface area (Å²) < 4.78 is 0. The normalized spacial score (nSPS) is 11.1. The number of ketones is 4. The van der Waals surface area contributed by atoms with Gasteiger partial charge in [-0.25, -0.2) is 0 Å². The first-order valence-electron chi connectivity index (χ1n) is 18.4. The Kier molecular flexibility index (Phi) is 8.77. The third-order valence-electron chi connectivity index (χ3n) is 10.5. The molecule has 0 aromatic heterocycles. The van der Waals surface area contributed by atoms with Gasteiger partial charge in [-0.3, -0.25) is 19.2 Å². The molecule has 0 saturated carbocycles. The molecule has 0 radical (unpaired) electrons. The Morgan fingerprint density at radius 1 is 0.214 bits per heavy atom. The van der Waals surface area contributed by atoms with E-state index >= 15 is 19.2 Å². The molecule has 0 spiro atoms. The Hall–Kier alpha value is -7.56. The summed E-state index contributed by atoms with van der Waals surface area (Å²) in [5.41, 5.74) is 6.77. The summed E-state index contributed by atoms with van der Waals surface area (Å²) in [7, 11) is 0. The van der Waals surface area contributed by atoms with E-state index in [-0.39, 0.29) is 33.4 Å². The molecule has 0 bridgehead atoms. The van der Waals surface area contributed by atoms with Gasteiger partial charge in [0.25, 0.3) is 0 Å². The zero-order chi connectivity index (χ0) is 38.2. The lowest BCUT2D eigenvalue weighted by atomic mass is 9.71. The van der Waals surface area contributed by atoms with Crippen molar-refractivity contribution in [2.75, 3.05) is 0 Å². The molecule has 9 rings (SSSR count). The van der Waals surface area contributed by atoms with E-state index in [1.165, 1.54) is 0 Å². The van der Waals surface area contributed by atoms with Crippen LogP contribution in [0.3, 0.4) is 0 Å². The van der Waals surface area contributed by atoms with Crippen LogP contribution in [-0.4, -0.2) is 23.1 Å². The standard InChI is InChI=1S/C52H32O4/c53-49(33-19-5-1-6-20-33)45-43-41-31-17-15-29-39(41)37-27-13-14-28-38(37)40-30-16-18-32-42(40)44(43)46(50(54)34-21-7-2-8-22-34)48(52(56)36-25-11-4-12-26-36)47(45)51(55)35-23-9-3-10-24-35/h1-32H. The van der Waals surface area contributed by atoms with Crippen molar-refractivity contribution in [1.82, 2.24) is 0 Å². The predicted octanol–water partition coefficient (Wildman–Crippen LogP) is 11.6. The van der Waals surface area contributed by atoms with E-state index in [1.807, 2.05) is 84.9 Å². The summed E-state index contributed by atoms with van der Waals surface area (Å²) >= 11 is 0. The first-order chi connectivity index (χ1) is 27.5. The Labute approximate surface area is 324 Å². The van der Waals surface area contributed by atoms with Gasteiger partial charge in [-0.05, 0) is 33.4 Å². The highest BCUT2D eigenvalue weighted by Gasteiger charge is 2.39. The van der Waals surface area contributed by atoms with Crippen molar-refractivity contribution in [2.24, 2.45) is 0 Å². The Morgan fingerprint density at radius 2 is 0.411 bits per heavy atom. The molecule has 0 N–H and O–H groups in total. The molecular formula is C52H32O4. The van der Waals surface area contributed by atoms with Gasteiger partial charge in [-0.15, -0.1) is 0 Å². The number of benzene rings is 8. The Balaban J connectivity index is 1.59. The molecule has 0 aliphatic heterocycles. The SMILES string of the molecule is O=C(c1ccccc1)c1c(C(=O)c2ccccc2)c(C(=O)c2ccccc2)c2c(c1C(=O)c1ccccc1)-c1ccccc1-c1ccccc1-c1ccccc1-2. The second-order valence-corrected chi connectivity index (χ2v) is 13.7. The van der Waals surface area contributed by atoms with Crippen molar-refractivity contribution < 1.29 is 19.2 Å². The van der Waals surface area contributed by atoms with Crippen LogP contribution >= 0.6 is 0 Å². The summed E-state index contributed by atoms with van der Waals surface area (Å²) in [5.74, 6) is -1.96. The van der Waals surface area contributed by atoms with Crippen LogP contribution in [0.4, 0.5) is 0 Å². The van der Waals surface area contributed by atoms with Crippen molar-refractivity contribution in [3.05, 3.63) is 239 Å². The van der Waals surface area contributed by atoms with Crippen LogP contribution in [0, 0.1) is 0 Å². The van der Waals surface area contributed by atoms with Gasteiger partial charge >= 0.3 is 0 Å². The van der Waals surface area contributed by atoms with Crippen LogP contribution in [0.25, 0.3) is 44.5 Å². The highest BCUT2D eigenvalue weighted by molar-refractivity contribution is 6.34. The molecule has 4 heteroatoms. The third kappa shape index (κ3) is 5.72. The first kappa shape index (κ1) is 34.2. The van der Waals surface area contributed by atoms with Crippen LogP contribution in [0.2, 0.25) is 0 Å². The van der Waals surface area contributed by atoms with Crippen LogP contribution in [0.15, 0.2) is 194 Å². The molecule has 1 aliphatic rings. The lowest BCUT2D eigenvalue weighted by Gasteiger charge is -2.29. The first-order valence-corrected chi connectivity index (χ1v) is 18.4. The molecule has 4 nitrogen and oxygen atoms in total. The number of carbonyl (C=O) groups excluding carboxylic acids is 4. The molecular weight excluding hydrogens is 689 g/mol. The van der Waals surface area contributed by atoms with Gasteiger partial charge < -0.3 is 0 Å². The minimum Gasteiger partial charge on any atom is -0.289 e. The molecule has 264 valence electrons. The molecule has 8 aromatic carbocycles. The molecule has 0 fully saturated rings. The monoisotopic (exact) mass is 720 g/mol. The van der Waals surface area contributed by atoms with Crippen molar-refractivity contribution in [3.63, 3.8) is 0 Å². The molecule has 0 atom stereocenters. The average molecular weight is 721 g/mol. The van der Waals surface area contributed by atoms with E-state index in [2.05, 4.69) is 0 Å². The van der Waals surface area contributed by atoms with Gasteiger partial charge in [0.1, 0.15) is 0 Å². The summed E-state index contributed by atoms with van der Waals surface area (Å²) in [6, 6.07) is 58.5.